The van der Waals surface area contributed by atoms with Gasteiger partial charge in [-0.1, -0.05) is 6.07 Å². The number of aliphatic hydroxyl groups is 1. The first-order valence-corrected chi connectivity index (χ1v) is 4.88. The zero-order valence-corrected chi connectivity index (χ0v) is 9.25. The Labute approximate surface area is 93.5 Å². The predicted octanol–water partition coefficient (Wildman–Crippen LogP) is 1.72. The van der Waals surface area contributed by atoms with Crippen LogP contribution < -0.4 is 10.6 Å². The molecule has 3 N–H and O–H groups in total. The number of amides is 2. The maximum absolute atomic E-state index is 12.8. The third-order valence-electron chi connectivity index (χ3n) is 1.93. The molecule has 0 unspecified atom stereocenters. The average Bonchev–Trinajstić information content (AvgIpc) is 2.16. The van der Waals surface area contributed by atoms with E-state index in [0.717, 1.165) is 0 Å². The first kappa shape index (κ1) is 12.4. The fraction of sp³-hybridized carbons (Fsp3) is 0.364. The van der Waals surface area contributed by atoms with Crippen LogP contribution in [-0.2, 0) is 0 Å². The molecule has 0 radical (unpaired) electrons. The van der Waals surface area contributed by atoms with Gasteiger partial charge in [0, 0.05) is 5.69 Å². The van der Waals surface area contributed by atoms with Gasteiger partial charge >= 0.3 is 6.03 Å². The number of rotatable bonds is 3. The highest BCUT2D eigenvalue weighted by molar-refractivity contribution is 5.89. The van der Waals surface area contributed by atoms with Crippen molar-refractivity contribution in [3.8, 4) is 0 Å². The summed E-state index contributed by atoms with van der Waals surface area (Å²) in [7, 11) is 0. The second-order valence-electron chi connectivity index (χ2n) is 4.13. The van der Waals surface area contributed by atoms with Gasteiger partial charge in [-0.05, 0) is 32.0 Å². The van der Waals surface area contributed by atoms with Gasteiger partial charge in [-0.2, -0.15) is 0 Å². The molecule has 0 aromatic heterocycles. The van der Waals surface area contributed by atoms with Crippen molar-refractivity contribution in [3.05, 3.63) is 30.1 Å². The Bertz CT molecular complexity index is 380. The number of carbonyl (C=O) groups is 1. The molecular weight excluding hydrogens is 211 g/mol. The van der Waals surface area contributed by atoms with E-state index in [0.29, 0.717) is 5.69 Å². The van der Waals surface area contributed by atoms with Crippen molar-refractivity contribution in [2.24, 2.45) is 0 Å². The third-order valence-corrected chi connectivity index (χ3v) is 1.93. The number of urea groups is 1. The molecule has 0 spiro atoms. The highest BCUT2D eigenvalue weighted by atomic mass is 19.1. The predicted molar refractivity (Wildman–Crippen MR) is 59.7 cm³/mol. The molecule has 0 saturated heterocycles. The molecule has 1 aromatic carbocycles. The minimum Gasteiger partial charge on any atom is -0.394 e. The number of halogens is 1. The first-order valence-electron chi connectivity index (χ1n) is 4.88. The number of nitrogens with one attached hydrogen (secondary N) is 2. The quantitative estimate of drug-likeness (QED) is 0.734. The molecule has 1 rings (SSSR count). The summed E-state index contributed by atoms with van der Waals surface area (Å²) < 4.78 is 12.8. The van der Waals surface area contributed by atoms with Gasteiger partial charge in [0.05, 0.1) is 12.1 Å². The van der Waals surface area contributed by atoms with Crippen LogP contribution in [0.4, 0.5) is 14.9 Å². The van der Waals surface area contributed by atoms with Crippen LogP contribution in [0.3, 0.4) is 0 Å². The van der Waals surface area contributed by atoms with Crippen molar-refractivity contribution in [3.63, 3.8) is 0 Å². The van der Waals surface area contributed by atoms with E-state index in [4.69, 9.17) is 5.11 Å². The number of hydrogen-bond acceptors (Lipinski definition) is 2. The third kappa shape index (κ3) is 3.86. The monoisotopic (exact) mass is 226 g/mol. The van der Waals surface area contributed by atoms with E-state index in [1.54, 1.807) is 19.9 Å². The molecule has 0 fully saturated rings. The molecule has 0 aliphatic rings. The SMILES string of the molecule is CC(C)(CO)NC(=O)Nc1cccc(F)c1. The van der Waals surface area contributed by atoms with E-state index in [1.807, 2.05) is 0 Å². The highest BCUT2D eigenvalue weighted by Crippen LogP contribution is 2.09. The summed E-state index contributed by atoms with van der Waals surface area (Å²) >= 11 is 0. The van der Waals surface area contributed by atoms with E-state index in [9.17, 15) is 9.18 Å². The number of anilines is 1. The van der Waals surface area contributed by atoms with E-state index in [-0.39, 0.29) is 6.61 Å². The molecule has 0 bridgehead atoms. The van der Waals surface area contributed by atoms with E-state index in [1.165, 1.54) is 18.2 Å². The number of hydrogen-bond donors (Lipinski definition) is 3. The van der Waals surface area contributed by atoms with Crippen molar-refractivity contribution < 1.29 is 14.3 Å². The zero-order valence-electron chi connectivity index (χ0n) is 9.25. The number of carbonyl (C=O) groups excluding carboxylic acids is 1. The van der Waals surface area contributed by atoms with E-state index >= 15 is 0 Å². The van der Waals surface area contributed by atoms with Crippen molar-refractivity contribution in [2.75, 3.05) is 11.9 Å². The van der Waals surface area contributed by atoms with Crippen molar-refractivity contribution in [1.82, 2.24) is 5.32 Å². The van der Waals surface area contributed by atoms with Crippen LogP contribution in [0.5, 0.6) is 0 Å². The molecule has 0 heterocycles. The lowest BCUT2D eigenvalue weighted by Gasteiger charge is -2.23. The Morgan fingerprint density at radius 2 is 2.19 bits per heavy atom. The van der Waals surface area contributed by atoms with Crippen LogP contribution in [-0.4, -0.2) is 23.3 Å². The molecule has 88 valence electrons. The molecule has 0 atom stereocenters. The Balaban J connectivity index is 2.59. The van der Waals surface area contributed by atoms with Crippen LogP contribution in [0, 0.1) is 5.82 Å². The summed E-state index contributed by atoms with van der Waals surface area (Å²) in [4.78, 5) is 11.4. The van der Waals surface area contributed by atoms with E-state index < -0.39 is 17.4 Å². The Morgan fingerprint density at radius 3 is 2.75 bits per heavy atom. The summed E-state index contributed by atoms with van der Waals surface area (Å²) in [6, 6.07) is 5.10. The minimum atomic E-state index is -0.711. The molecule has 0 saturated carbocycles. The number of benzene rings is 1. The van der Waals surface area contributed by atoms with Crippen LogP contribution in [0.25, 0.3) is 0 Å². The molecular formula is C11H15FN2O2. The van der Waals surface area contributed by atoms with Crippen LogP contribution >= 0.6 is 0 Å². The maximum Gasteiger partial charge on any atom is 0.319 e. The van der Waals surface area contributed by atoms with Gasteiger partial charge in [-0.15, -0.1) is 0 Å². The van der Waals surface area contributed by atoms with Gasteiger partial charge in [0.1, 0.15) is 5.82 Å². The maximum atomic E-state index is 12.8. The Hall–Kier alpha value is -1.62. The molecule has 0 aliphatic heterocycles. The van der Waals surface area contributed by atoms with Crippen LogP contribution in [0.15, 0.2) is 24.3 Å². The summed E-state index contributed by atoms with van der Waals surface area (Å²) in [5.41, 5.74) is -0.344. The van der Waals surface area contributed by atoms with Crippen molar-refractivity contribution in [2.45, 2.75) is 19.4 Å². The van der Waals surface area contributed by atoms with Gasteiger partial charge < -0.3 is 15.7 Å². The van der Waals surface area contributed by atoms with Gasteiger partial charge in [0.25, 0.3) is 0 Å². The second kappa shape index (κ2) is 4.94. The molecule has 1 aromatic rings. The summed E-state index contributed by atoms with van der Waals surface area (Å²) in [5.74, 6) is -0.417. The average molecular weight is 226 g/mol. The summed E-state index contributed by atoms with van der Waals surface area (Å²) in [6.07, 6.45) is 0. The lowest BCUT2D eigenvalue weighted by Crippen LogP contribution is -2.48. The first-order chi connectivity index (χ1) is 7.43. The smallest absolute Gasteiger partial charge is 0.319 e. The Morgan fingerprint density at radius 1 is 1.50 bits per heavy atom. The van der Waals surface area contributed by atoms with Gasteiger partial charge in [0.2, 0.25) is 0 Å². The van der Waals surface area contributed by atoms with Gasteiger partial charge in [-0.3, -0.25) is 0 Å². The van der Waals surface area contributed by atoms with Crippen LogP contribution in [0.2, 0.25) is 0 Å². The van der Waals surface area contributed by atoms with Crippen molar-refractivity contribution >= 4 is 11.7 Å². The molecule has 0 aliphatic carbocycles. The lowest BCUT2D eigenvalue weighted by molar-refractivity contribution is 0.187. The standard InChI is InChI=1S/C11H15FN2O2/c1-11(2,7-15)14-10(16)13-9-5-3-4-8(12)6-9/h3-6,15H,7H2,1-2H3,(H2,13,14,16). The zero-order chi connectivity index (χ0) is 12.2. The number of aliphatic hydroxyl groups excluding tert-OH is 1. The lowest BCUT2D eigenvalue weighted by atomic mass is 10.1. The fourth-order valence-electron chi connectivity index (χ4n) is 1.08. The topological polar surface area (TPSA) is 61.4 Å². The fourth-order valence-corrected chi connectivity index (χ4v) is 1.08. The van der Waals surface area contributed by atoms with Crippen LogP contribution in [0.1, 0.15) is 13.8 Å². The minimum absolute atomic E-state index is 0.177. The normalized spacial score (nSPS) is 11.0. The molecule has 16 heavy (non-hydrogen) atoms. The largest absolute Gasteiger partial charge is 0.394 e. The summed E-state index contributed by atoms with van der Waals surface area (Å²) in [6.45, 7) is 3.18. The van der Waals surface area contributed by atoms with Gasteiger partial charge in [-0.25, -0.2) is 9.18 Å². The molecule has 4 nitrogen and oxygen atoms in total. The molecule has 2 amide bonds. The highest BCUT2D eigenvalue weighted by Gasteiger charge is 2.18. The van der Waals surface area contributed by atoms with Gasteiger partial charge in [0.15, 0.2) is 0 Å². The van der Waals surface area contributed by atoms with E-state index in [2.05, 4.69) is 10.6 Å². The molecule has 5 heteroatoms. The Kier molecular flexibility index (Phi) is 3.84. The second-order valence-corrected chi connectivity index (χ2v) is 4.13. The summed E-state index contributed by atoms with van der Waals surface area (Å²) in [5, 5.41) is 14.0. The van der Waals surface area contributed by atoms with Crippen molar-refractivity contribution in [1.29, 1.82) is 0 Å².